The third kappa shape index (κ3) is 3.96. The van der Waals surface area contributed by atoms with Crippen molar-refractivity contribution in [2.75, 3.05) is 11.9 Å². The molecule has 0 radical (unpaired) electrons. The Kier molecular flexibility index (Phi) is 4.86. The van der Waals surface area contributed by atoms with Crippen LogP contribution in [0.1, 0.15) is 62.0 Å². The van der Waals surface area contributed by atoms with Gasteiger partial charge in [-0.05, 0) is 43.6 Å². The van der Waals surface area contributed by atoms with E-state index in [0.29, 0.717) is 17.0 Å². The van der Waals surface area contributed by atoms with E-state index in [2.05, 4.69) is 24.1 Å². The lowest BCUT2D eigenvalue weighted by molar-refractivity contribution is 0.0697. The number of aryl methyl sites for hydroxylation is 1. The van der Waals surface area contributed by atoms with Crippen molar-refractivity contribution in [1.82, 2.24) is 4.98 Å². The van der Waals surface area contributed by atoms with Crippen molar-refractivity contribution in [3.63, 3.8) is 0 Å². The van der Waals surface area contributed by atoms with Gasteiger partial charge in [0.05, 0.1) is 5.69 Å². The van der Waals surface area contributed by atoms with Crippen LogP contribution < -0.4 is 5.32 Å². The molecular weight excluding hydrogens is 264 g/mol. The molecule has 1 heterocycles. The first-order chi connectivity index (χ1) is 9.92. The summed E-state index contributed by atoms with van der Waals surface area (Å²) < 4.78 is 0. The number of nitrogens with one attached hydrogen (secondary N) is 1. The maximum Gasteiger partial charge on any atom is 0.339 e. The fourth-order valence-electron chi connectivity index (χ4n) is 3.60. The van der Waals surface area contributed by atoms with Gasteiger partial charge in [0.25, 0.3) is 0 Å². The molecule has 4 nitrogen and oxygen atoms in total. The number of carbonyl (C=O) groups is 1. The Bertz CT molecular complexity index is 506. The molecule has 4 heteroatoms. The SMILES string of the molecule is Cc1cc(NCC2(CC(C)C)CCCC2)c(C(=O)O)cn1. The highest BCUT2D eigenvalue weighted by atomic mass is 16.4. The molecule has 2 N–H and O–H groups in total. The molecule has 116 valence electrons. The first-order valence-electron chi connectivity index (χ1n) is 7.86. The van der Waals surface area contributed by atoms with Gasteiger partial charge >= 0.3 is 5.97 Å². The highest BCUT2D eigenvalue weighted by Gasteiger charge is 2.34. The Hall–Kier alpha value is -1.58. The molecule has 0 atom stereocenters. The van der Waals surface area contributed by atoms with Crippen LogP contribution in [-0.4, -0.2) is 22.6 Å². The number of hydrogen-bond donors (Lipinski definition) is 2. The first kappa shape index (κ1) is 15.8. The zero-order chi connectivity index (χ0) is 15.5. The van der Waals surface area contributed by atoms with Gasteiger partial charge < -0.3 is 10.4 Å². The minimum absolute atomic E-state index is 0.262. The Balaban J connectivity index is 2.14. The fraction of sp³-hybridized carbons (Fsp3) is 0.647. The van der Waals surface area contributed by atoms with E-state index in [1.54, 1.807) is 0 Å². The molecule has 1 aliphatic carbocycles. The van der Waals surface area contributed by atoms with Crippen LogP contribution >= 0.6 is 0 Å². The van der Waals surface area contributed by atoms with Crippen molar-refractivity contribution < 1.29 is 9.90 Å². The van der Waals surface area contributed by atoms with Gasteiger partial charge in [0.1, 0.15) is 5.56 Å². The first-order valence-corrected chi connectivity index (χ1v) is 7.86. The van der Waals surface area contributed by atoms with Crippen LogP contribution in [0, 0.1) is 18.3 Å². The number of carboxylic acids is 1. The number of hydrogen-bond acceptors (Lipinski definition) is 3. The quantitative estimate of drug-likeness (QED) is 0.827. The summed E-state index contributed by atoms with van der Waals surface area (Å²) in [6, 6.07) is 1.83. The van der Waals surface area contributed by atoms with Gasteiger partial charge in [-0.1, -0.05) is 26.7 Å². The normalized spacial score (nSPS) is 17.1. The smallest absolute Gasteiger partial charge is 0.339 e. The number of aromatic nitrogens is 1. The predicted molar refractivity (Wildman–Crippen MR) is 84.8 cm³/mol. The molecule has 1 aliphatic rings. The second-order valence-electron chi connectivity index (χ2n) is 6.84. The van der Waals surface area contributed by atoms with Crippen LogP contribution in [0.2, 0.25) is 0 Å². The van der Waals surface area contributed by atoms with E-state index < -0.39 is 5.97 Å². The van der Waals surface area contributed by atoms with E-state index in [1.165, 1.54) is 38.3 Å². The van der Waals surface area contributed by atoms with Crippen LogP contribution in [0.3, 0.4) is 0 Å². The van der Waals surface area contributed by atoms with Crippen molar-refractivity contribution in [2.24, 2.45) is 11.3 Å². The molecule has 0 saturated heterocycles. The van der Waals surface area contributed by atoms with Crippen molar-refractivity contribution in [3.05, 3.63) is 23.5 Å². The molecule has 1 saturated carbocycles. The zero-order valence-corrected chi connectivity index (χ0v) is 13.3. The third-order valence-electron chi connectivity index (χ3n) is 4.43. The summed E-state index contributed by atoms with van der Waals surface area (Å²) in [6.07, 6.45) is 7.71. The van der Waals surface area contributed by atoms with Crippen molar-refractivity contribution in [1.29, 1.82) is 0 Å². The second-order valence-corrected chi connectivity index (χ2v) is 6.84. The van der Waals surface area contributed by atoms with Crippen LogP contribution in [0.4, 0.5) is 5.69 Å². The highest BCUT2D eigenvalue weighted by molar-refractivity contribution is 5.93. The molecule has 1 aromatic heterocycles. The van der Waals surface area contributed by atoms with Crippen molar-refractivity contribution >= 4 is 11.7 Å². The standard InChI is InChI=1S/C17H26N2O2/c1-12(2)9-17(6-4-5-7-17)11-19-15-8-13(3)18-10-14(15)16(20)21/h8,10,12H,4-7,9,11H2,1-3H3,(H,18,19)(H,20,21). The summed E-state index contributed by atoms with van der Waals surface area (Å²) >= 11 is 0. The Morgan fingerprint density at radius 3 is 2.67 bits per heavy atom. The zero-order valence-electron chi connectivity index (χ0n) is 13.3. The van der Waals surface area contributed by atoms with Crippen LogP contribution in [0.25, 0.3) is 0 Å². The molecule has 1 aromatic rings. The molecule has 1 fully saturated rings. The van der Waals surface area contributed by atoms with E-state index in [4.69, 9.17) is 0 Å². The molecule has 0 unspecified atom stereocenters. The van der Waals surface area contributed by atoms with Gasteiger partial charge in [-0.25, -0.2) is 4.79 Å². The number of nitrogens with zero attached hydrogens (tertiary/aromatic N) is 1. The maximum atomic E-state index is 11.3. The van der Waals surface area contributed by atoms with E-state index in [-0.39, 0.29) is 5.56 Å². The van der Waals surface area contributed by atoms with Gasteiger partial charge in [-0.15, -0.1) is 0 Å². The van der Waals surface area contributed by atoms with E-state index in [1.807, 2.05) is 13.0 Å². The monoisotopic (exact) mass is 290 g/mol. The van der Waals surface area contributed by atoms with Crippen LogP contribution in [0.5, 0.6) is 0 Å². The number of pyridine rings is 1. The molecule has 0 amide bonds. The predicted octanol–water partition coefficient (Wildman–Crippen LogP) is 4.11. The minimum atomic E-state index is -0.922. The largest absolute Gasteiger partial charge is 0.478 e. The lowest BCUT2D eigenvalue weighted by atomic mass is 9.78. The van der Waals surface area contributed by atoms with Gasteiger partial charge in [-0.3, -0.25) is 4.98 Å². The average molecular weight is 290 g/mol. The number of carboxylic acid groups (broad SMARTS) is 1. The maximum absolute atomic E-state index is 11.3. The molecule has 0 bridgehead atoms. The van der Waals surface area contributed by atoms with Gasteiger partial charge in [0.15, 0.2) is 0 Å². The van der Waals surface area contributed by atoms with E-state index >= 15 is 0 Å². The van der Waals surface area contributed by atoms with Crippen molar-refractivity contribution in [2.45, 2.75) is 52.9 Å². The van der Waals surface area contributed by atoms with E-state index in [0.717, 1.165) is 12.2 Å². The topological polar surface area (TPSA) is 62.2 Å². The summed E-state index contributed by atoms with van der Waals surface area (Å²) in [4.78, 5) is 15.4. The summed E-state index contributed by atoms with van der Waals surface area (Å²) in [5.41, 5.74) is 2.12. The molecule has 0 aliphatic heterocycles. The summed E-state index contributed by atoms with van der Waals surface area (Å²) in [7, 11) is 0. The molecular formula is C17H26N2O2. The van der Waals surface area contributed by atoms with Crippen LogP contribution in [-0.2, 0) is 0 Å². The summed E-state index contributed by atoms with van der Waals surface area (Å²) in [5, 5.41) is 12.7. The number of aromatic carboxylic acids is 1. The summed E-state index contributed by atoms with van der Waals surface area (Å²) in [6.45, 7) is 7.27. The Labute approximate surface area is 127 Å². The number of rotatable bonds is 6. The highest BCUT2D eigenvalue weighted by Crippen LogP contribution is 2.43. The Morgan fingerprint density at radius 2 is 2.10 bits per heavy atom. The second kappa shape index (κ2) is 6.46. The van der Waals surface area contributed by atoms with Gasteiger partial charge in [0, 0.05) is 18.4 Å². The summed E-state index contributed by atoms with van der Waals surface area (Å²) in [5.74, 6) is -0.252. The third-order valence-corrected chi connectivity index (χ3v) is 4.43. The Morgan fingerprint density at radius 1 is 1.43 bits per heavy atom. The minimum Gasteiger partial charge on any atom is -0.478 e. The molecule has 21 heavy (non-hydrogen) atoms. The molecule has 0 aromatic carbocycles. The van der Waals surface area contributed by atoms with Crippen molar-refractivity contribution in [3.8, 4) is 0 Å². The fourth-order valence-corrected chi connectivity index (χ4v) is 3.60. The lowest BCUT2D eigenvalue weighted by Gasteiger charge is -2.32. The molecule has 2 rings (SSSR count). The average Bonchev–Trinajstić information content (AvgIpc) is 2.84. The van der Waals surface area contributed by atoms with Gasteiger partial charge in [0.2, 0.25) is 0 Å². The van der Waals surface area contributed by atoms with E-state index in [9.17, 15) is 9.90 Å². The number of anilines is 1. The lowest BCUT2D eigenvalue weighted by Crippen LogP contribution is -2.29. The van der Waals surface area contributed by atoms with Crippen LogP contribution in [0.15, 0.2) is 12.3 Å². The van der Waals surface area contributed by atoms with Gasteiger partial charge in [-0.2, -0.15) is 0 Å². The molecule has 0 spiro atoms.